The van der Waals surface area contributed by atoms with E-state index in [1.807, 2.05) is 13.0 Å². The molecule has 1 unspecified atom stereocenters. The Morgan fingerprint density at radius 2 is 1.50 bits per heavy atom. The van der Waals surface area contributed by atoms with E-state index in [4.69, 9.17) is 5.11 Å². The maximum atomic E-state index is 9.13. The average Bonchev–Trinajstić information content (AvgIpc) is 2.31. The van der Waals surface area contributed by atoms with E-state index in [0.717, 1.165) is 13.0 Å². The molecular weight excluding hydrogens is 222 g/mol. The largest absolute Gasteiger partial charge is 0.393 e. The summed E-state index contributed by atoms with van der Waals surface area (Å²) in [5.41, 5.74) is 0. The molecule has 18 heavy (non-hydrogen) atoms. The quantitative estimate of drug-likeness (QED) is 0.397. The van der Waals surface area contributed by atoms with E-state index < -0.39 is 0 Å². The molecule has 0 aliphatic heterocycles. The highest BCUT2D eigenvalue weighted by Gasteiger charge is 1.97. The summed E-state index contributed by atoms with van der Waals surface area (Å²) in [5, 5.41) is 9.13. The Balaban J connectivity index is 3.05. The molecule has 1 N–H and O–H groups in total. The van der Waals surface area contributed by atoms with Crippen molar-refractivity contribution in [1.29, 1.82) is 0 Å². The van der Waals surface area contributed by atoms with Gasteiger partial charge < -0.3 is 10.0 Å². The van der Waals surface area contributed by atoms with Crippen LogP contribution in [0.1, 0.15) is 64.7 Å². The van der Waals surface area contributed by atoms with Gasteiger partial charge in [0, 0.05) is 6.54 Å². The van der Waals surface area contributed by atoms with E-state index in [1.165, 1.54) is 57.9 Å². The molecule has 0 aliphatic rings. The fraction of sp³-hybridized carbons (Fsp3) is 0.875. The third-order valence-corrected chi connectivity index (χ3v) is 3.35. The zero-order valence-electron chi connectivity index (χ0n) is 12.5. The third kappa shape index (κ3) is 13.7. The second-order valence-corrected chi connectivity index (χ2v) is 5.52. The maximum absolute atomic E-state index is 9.13. The minimum Gasteiger partial charge on any atom is -0.393 e. The van der Waals surface area contributed by atoms with Gasteiger partial charge in [-0.3, -0.25) is 0 Å². The molecule has 0 aromatic rings. The predicted octanol–water partition coefficient (Wildman–Crippen LogP) is 4.00. The smallest absolute Gasteiger partial charge is 0.0512 e. The Morgan fingerprint density at radius 3 is 2.00 bits per heavy atom. The second-order valence-electron chi connectivity index (χ2n) is 5.52. The first-order valence-electron chi connectivity index (χ1n) is 7.64. The van der Waals surface area contributed by atoms with Gasteiger partial charge in [0.05, 0.1) is 6.10 Å². The Hall–Kier alpha value is -0.340. The van der Waals surface area contributed by atoms with Crippen LogP contribution >= 0.6 is 0 Å². The van der Waals surface area contributed by atoms with Crippen LogP contribution in [0.2, 0.25) is 0 Å². The lowest BCUT2D eigenvalue weighted by Crippen LogP contribution is -2.19. The number of likely N-dealkylation sites (N-methyl/N-ethyl adjacent to an activating group) is 1. The second kappa shape index (κ2) is 13.1. The molecule has 0 saturated carbocycles. The van der Waals surface area contributed by atoms with Crippen molar-refractivity contribution < 1.29 is 5.11 Å². The van der Waals surface area contributed by atoms with Gasteiger partial charge >= 0.3 is 0 Å². The molecule has 0 rings (SSSR count). The van der Waals surface area contributed by atoms with Gasteiger partial charge in [-0.2, -0.15) is 0 Å². The molecule has 2 heteroatoms. The van der Waals surface area contributed by atoms with Crippen molar-refractivity contribution in [2.45, 2.75) is 70.8 Å². The van der Waals surface area contributed by atoms with E-state index in [0.29, 0.717) is 0 Å². The van der Waals surface area contributed by atoms with Crippen molar-refractivity contribution in [3.05, 3.63) is 12.7 Å². The first kappa shape index (κ1) is 17.7. The van der Waals surface area contributed by atoms with Gasteiger partial charge in [0.25, 0.3) is 0 Å². The van der Waals surface area contributed by atoms with E-state index in [9.17, 15) is 0 Å². The summed E-state index contributed by atoms with van der Waals surface area (Å²) in [6.07, 6.45) is 13.4. The SMILES string of the molecule is C=CCN(C)CCCCCCCCCCC(C)O. The predicted molar refractivity (Wildman–Crippen MR) is 80.9 cm³/mol. The van der Waals surface area contributed by atoms with Crippen molar-refractivity contribution in [2.75, 3.05) is 20.1 Å². The summed E-state index contributed by atoms with van der Waals surface area (Å²) in [4.78, 5) is 2.32. The molecule has 0 heterocycles. The lowest BCUT2D eigenvalue weighted by Gasteiger charge is -2.13. The number of hydrogen-bond acceptors (Lipinski definition) is 2. The molecule has 0 radical (unpaired) electrons. The molecule has 0 aromatic heterocycles. The van der Waals surface area contributed by atoms with Gasteiger partial charge in [-0.05, 0) is 33.4 Å². The Morgan fingerprint density at radius 1 is 1.00 bits per heavy atom. The molecule has 0 aromatic carbocycles. The van der Waals surface area contributed by atoms with Crippen LogP contribution in [0.25, 0.3) is 0 Å². The van der Waals surface area contributed by atoms with Crippen LogP contribution in [-0.4, -0.2) is 36.2 Å². The van der Waals surface area contributed by atoms with Gasteiger partial charge in [-0.1, -0.05) is 51.0 Å². The van der Waals surface area contributed by atoms with Gasteiger partial charge in [-0.15, -0.1) is 6.58 Å². The van der Waals surface area contributed by atoms with Gasteiger partial charge in [0.2, 0.25) is 0 Å². The normalized spacial score (nSPS) is 12.9. The zero-order valence-corrected chi connectivity index (χ0v) is 12.5. The lowest BCUT2D eigenvalue weighted by molar-refractivity contribution is 0.180. The summed E-state index contributed by atoms with van der Waals surface area (Å²) in [6.45, 7) is 7.82. The van der Waals surface area contributed by atoms with Crippen LogP contribution in [0.15, 0.2) is 12.7 Å². The number of aliphatic hydroxyl groups excluding tert-OH is 1. The van der Waals surface area contributed by atoms with Gasteiger partial charge in [0.15, 0.2) is 0 Å². The number of nitrogens with zero attached hydrogens (tertiary/aromatic N) is 1. The Labute approximate surface area is 114 Å². The van der Waals surface area contributed by atoms with Crippen LogP contribution in [0.5, 0.6) is 0 Å². The minimum atomic E-state index is -0.113. The topological polar surface area (TPSA) is 23.5 Å². The number of rotatable bonds is 13. The van der Waals surface area contributed by atoms with Crippen molar-refractivity contribution >= 4 is 0 Å². The van der Waals surface area contributed by atoms with E-state index >= 15 is 0 Å². The van der Waals surface area contributed by atoms with Crippen LogP contribution in [0, 0.1) is 0 Å². The minimum absolute atomic E-state index is 0.113. The summed E-state index contributed by atoms with van der Waals surface area (Å²) in [7, 11) is 2.16. The highest BCUT2D eigenvalue weighted by atomic mass is 16.3. The fourth-order valence-corrected chi connectivity index (χ4v) is 2.19. The molecular formula is C16H33NO. The summed E-state index contributed by atoms with van der Waals surface area (Å²) < 4.78 is 0. The number of hydrogen-bond donors (Lipinski definition) is 1. The highest BCUT2D eigenvalue weighted by Crippen LogP contribution is 2.10. The van der Waals surface area contributed by atoms with Crippen molar-refractivity contribution in [2.24, 2.45) is 0 Å². The zero-order chi connectivity index (χ0) is 13.6. The van der Waals surface area contributed by atoms with Gasteiger partial charge in [0.1, 0.15) is 0 Å². The standard InChI is InChI=1S/C16H33NO/c1-4-14-17(3)15-12-10-8-6-5-7-9-11-13-16(2)18/h4,16,18H,1,5-15H2,2-3H3. The molecule has 0 aliphatic carbocycles. The third-order valence-electron chi connectivity index (χ3n) is 3.35. The summed E-state index contributed by atoms with van der Waals surface area (Å²) >= 11 is 0. The Bertz CT molecular complexity index is 180. The average molecular weight is 255 g/mol. The van der Waals surface area contributed by atoms with Gasteiger partial charge in [-0.25, -0.2) is 0 Å². The summed E-state index contributed by atoms with van der Waals surface area (Å²) in [6, 6.07) is 0. The maximum Gasteiger partial charge on any atom is 0.0512 e. The van der Waals surface area contributed by atoms with E-state index in [2.05, 4.69) is 18.5 Å². The lowest BCUT2D eigenvalue weighted by atomic mass is 10.1. The number of unbranched alkanes of at least 4 members (excludes halogenated alkanes) is 7. The highest BCUT2D eigenvalue weighted by molar-refractivity contribution is 4.70. The molecule has 0 amide bonds. The molecule has 0 bridgehead atoms. The molecule has 108 valence electrons. The molecule has 1 atom stereocenters. The fourth-order valence-electron chi connectivity index (χ4n) is 2.19. The van der Waals surface area contributed by atoms with Crippen LogP contribution in [0.4, 0.5) is 0 Å². The first-order valence-corrected chi connectivity index (χ1v) is 7.64. The van der Waals surface area contributed by atoms with Crippen molar-refractivity contribution in [3.8, 4) is 0 Å². The first-order chi connectivity index (χ1) is 8.66. The van der Waals surface area contributed by atoms with E-state index in [1.54, 1.807) is 0 Å². The Kier molecular flexibility index (Phi) is 12.9. The summed E-state index contributed by atoms with van der Waals surface area (Å²) in [5.74, 6) is 0. The van der Waals surface area contributed by atoms with Crippen molar-refractivity contribution in [1.82, 2.24) is 4.90 Å². The molecule has 0 saturated heterocycles. The van der Waals surface area contributed by atoms with E-state index in [-0.39, 0.29) is 6.10 Å². The molecule has 0 spiro atoms. The van der Waals surface area contributed by atoms with Crippen LogP contribution in [0.3, 0.4) is 0 Å². The van der Waals surface area contributed by atoms with Crippen LogP contribution < -0.4 is 0 Å². The van der Waals surface area contributed by atoms with Crippen molar-refractivity contribution in [3.63, 3.8) is 0 Å². The number of aliphatic hydroxyl groups is 1. The monoisotopic (exact) mass is 255 g/mol. The molecule has 0 fully saturated rings. The van der Waals surface area contributed by atoms with Crippen LogP contribution in [-0.2, 0) is 0 Å². The molecule has 2 nitrogen and oxygen atoms in total.